The third kappa shape index (κ3) is 3.42. The summed E-state index contributed by atoms with van der Waals surface area (Å²) >= 11 is 0. The molecular weight excluding hydrogens is 334 g/mol. The van der Waals surface area contributed by atoms with E-state index in [0.29, 0.717) is 6.42 Å². The first-order chi connectivity index (χ1) is 11.9. The molecule has 2 aromatic heterocycles. The summed E-state index contributed by atoms with van der Waals surface area (Å²) in [6.07, 6.45) is 1.13. The van der Waals surface area contributed by atoms with Crippen LogP contribution in [0.15, 0.2) is 9.59 Å². The molecule has 0 amide bonds. The fraction of sp³-hybridized carbons (Fsp3) is 0.722. The average Bonchev–Trinajstić information content (AvgIpc) is 2.97. The van der Waals surface area contributed by atoms with Gasteiger partial charge in [-0.25, -0.2) is 9.36 Å². The van der Waals surface area contributed by atoms with Crippen LogP contribution >= 0.6 is 0 Å². The predicted octanol–water partition coefficient (Wildman–Crippen LogP) is 2.38. The minimum absolute atomic E-state index is 0.0214. The molecule has 1 aliphatic heterocycles. The van der Waals surface area contributed by atoms with Crippen LogP contribution < -0.4 is 17.0 Å². The lowest BCUT2D eigenvalue weighted by Crippen LogP contribution is -2.31. The smallest absolute Gasteiger partial charge is 0.329 e. The van der Waals surface area contributed by atoms with Gasteiger partial charge < -0.3 is 10.5 Å². The van der Waals surface area contributed by atoms with Gasteiger partial charge in [-0.05, 0) is 29.6 Å². The number of H-pyrrole nitrogens is 2. The third-order valence-corrected chi connectivity index (χ3v) is 5.05. The molecular formula is C18H29N5O3. The summed E-state index contributed by atoms with van der Waals surface area (Å²) in [4.78, 5) is 33.7. The maximum Gasteiger partial charge on any atom is 0.329 e. The second-order valence-corrected chi connectivity index (χ2v) is 9.55. The Labute approximate surface area is 152 Å². The Balaban J connectivity index is 2.06. The topological polar surface area (TPSA) is 119 Å². The number of imidazole rings is 1. The molecule has 1 aliphatic rings. The number of hydrogen-bond donors (Lipinski definition) is 3. The van der Waals surface area contributed by atoms with E-state index in [2.05, 4.69) is 56.5 Å². The van der Waals surface area contributed by atoms with Gasteiger partial charge in [0.05, 0.1) is 6.10 Å². The van der Waals surface area contributed by atoms with Gasteiger partial charge in [0.25, 0.3) is 5.56 Å². The molecule has 1 saturated heterocycles. The van der Waals surface area contributed by atoms with E-state index in [0.717, 1.165) is 6.42 Å². The first-order valence-corrected chi connectivity index (χ1v) is 9.02. The second-order valence-electron chi connectivity index (χ2n) is 9.55. The fourth-order valence-corrected chi connectivity index (χ4v) is 3.89. The summed E-state index contributed by atoms with van der Waals surface area (Å²) in [7, 11) is 0. The highest BCUT2D eigenvalue weighted by Crippen LogP contribution is 2.46. The molecule has 8 nitrogen and oxygen atoms in total. The number of aromatic amines is 2. The molecule has 0 bridgehead atoms. The van der Waals surface area contributed by atoms with E-state index in [1.54, 1.807) is 0 Å². The summed E-state index contributed by atoms with van der Waals surface area (Å²) in [6, 6.07) is 0. The zero-order valence-corrected chi connectivity index (χ0v) is 16.3. The van der Waals surface area contributed by atoms with Crippen molar-refractivity contribution in [1.82, 2.24) is 19.5 Å². The quantitative estimate of drug-likeness (QED) is 0.757. The lowest BCUT2D eigenvalue weighted by molar-refractivity contribution is -0.0320. The number of fused-ring (bicyclic) bond motifs is 1. The number of ether oxygens (including phenoxy) is 1. The van der Waals surface area contributed by atoms with Crippen LogP contribution in [-0.2, 0) is 4.74 Å². The number of nitrogens with zero attached hydrogens (tertiary/aromatic N) is 2. The Morgan fingerprint density at radius 1 is 1.19 bits per heavy atom. The van der Waals surface area contributed by atoms with E-state index < -0.39 is 17.5 Å². The zero-order valence-electron chi connectivity index (χ0n) is 16.3. The van der Waals surface area contributed by atoms with Crippen molar-refractivity contribution in [3.63, 3.8) is 0 Å². The predicted molar refractivity (Wildman–Crippen MR) is 101 cm³/mol. The van der Waals surface area contributed by atoms with Crippen LogP contribution in [0.1, 0.15) is 60.6 Å². The number of rotatable bonds is 2. The average molecular weight is 363 g/mol. The summed E-state index contributed by atoms with van der Waals surface area (Å²) in [5.41, 5.74) is 5.31. The van der Waals surface area contributed by atoms with E-state index in [1.807, 2.05) is 0 Å². The van der Waals surface area contributed by atoms with Crippen LogP contribution in [-0.4, -0.2) is 25.6 Å². The van der Waals surface area contributed by atoms with E-state index in [9.17, 15) is 9.59 Å². The highest BCUT2D eigenvalue weighted by molar-refractivity contribution is 5.70. The van der Waals surface area contributed by atoms with Crippen molar-refractivity contribution in [2.75, 3.05) is 5.73 Å². The van der Waals surface area contributed by atoms with Gasteiger partial charge in [0.15, 0.2) is 11.2 Å². The van der Waals surface area contributed by atoms with Crippen molar-refractivity contribution < 1.29 is 4.74 Å². The van der Waals surface area contributed by atoms with Gasteiger partial charge in [0.1, 0.15) is 6.23 Å². The molecule has 1 unspecified atom stereocenters. The van der Waals surface area contributed by atoms with Crippen LogP contribution in [0.3, 0.4) is 0 Å². The summed E-state index contributed by atoms with van der Waals surface area (Å²) in [5, 5.41) is 0. The Morgan fingerprint density at radius 2 is 1.85 bits per heavy atom. The molecule has 2 aromatic rings. The van der Waals surface area contributed by atoms with Crippen molar-refractivity contribution >= 4 is 17.1 Å². The number of hydrogen-bond acceptors (Lipinski definition) is 5. The van der Waals surface area contributed by atoms with Crippen molar-refractivity contribution in [3.05, 3.63) is 20.8 Å². The standard InChI is InChI=1S/C18H29N5O3/c1-17(2,3)8-10-9(18(4,5)6)7-11(26-10)23-13-12(20-16(23)25)14(24)22-15(19)21-13/h9-11H,7-8H2,1-6H3,(H,20,25)(H3,19,21,22,24)/t9-,10?,11-/m1/s1. The molecule has 0 radical (unpaired) electrons. The highest BCUT2D eigenvalue weighted by atomic mass is 16.5. The number of anilines is 1. The zero-order chi connectivity index (χ0) is 19.4. The minimum Gasteiger partial charge on any atom is -0.369 e. The van der Waals surface area contributed by atoms with Crippen molar-refractivity contribution in [2.45, 2.75) is 66.7 Å². The Morgan fingerprint density at radius 3 is 2.42 bits per heavy atom. The molecule has 3 heterocycles. The molecule has 0 spiro atoms. The van der Waals surface area contributed by atoms with Gasteiger partial charge >= 0.3 is 5.69 Å². The first kappa shape index (κ1) is 18.7. The summed E-state index contributed by atoms with van der Waals surface area (Å²) in [5.74, 6) is 0.259. The molecule has 0 aromatic carbocycles. The van der Waals surface area contributed by atoms with Crippen LogP contribution in [0.4, 0.5) is 5.95 Å². The third-order valence-electron chi connectivity index (χ3n) is 5.05. The van der Waals surface area contributed by atoms with Crippen LogP contribution in [0.25, 0.3) is 11.2 Å². The van der Waals surface area contributed by atoms with E-state index in [4.69, 9.17) is 10.5 Å². The Kier molecular flexibility index (Phi) is 4.29. The molecule has 8 heteroatoms. The van der Waals surface area contributed by atoms with Crippen LogP contribution in [0, 0.1) is 16.7 Å². The number of nitrogens with one attached hydrogen (secondary N) is 2. The number of nitrogens with two attached hydrogens (primary N) is 1. The van der Waals surface area contributed by atoms with Crippen molar-refractivity contribution in [2.24, 2.45) is 16.7 Å². The SMILES string of the molecule is CC(C)(C)CC1O[C@@H](n2c(=O)[nH]c3c(=O)[nH]c(N)nc32)C[C@H]1C(C)(C)C. The van der Waals surface area contributed by atoms with Gasteiger partial charge in [-0.3, -0.25) is 14.8 Å². The molecule has 0 aliphatic carbocycles. The maximum absolute atomic E-state index is 12.5. The first-order valence-electron chi connectivity index (χ1n) is 9.02. The van der Waals surface area contributed by atoms with E-state index in [1.165, 1.54) is 4.57 Å². The van der Waals surface area contributed by atoms with E-state index in [-0.39, 0.29) is 40.0 Å². The molecule has 3 rings (SSSR count). The van der Waals surface area contributed by atoms with Gasteiger partial charge in [-0.15, -0.1) is 0 Å². The lowest BCUT2D eigenvalue weighted by Gasteiger charge is -2.33. The molecule has 1 fully saturated rings. The number of nitrogen functional groups attached to an aromatic ring is 1. The van der Waals surface area contributed by atoms with Gasteiger partial charge in [-0.2, -0.15) is 4.98 Å². The normalized spacial score (nSPS) is 24.5. The minimum atomic E-state index is -0.471. The largest absolute Gasteiger partial charge is 0.369 e. The van der Waals surface area contributed by atoms with Gasteiger partial charge in [-0.1, -0.05) is 41.5 Å². The summed E-state index contributed by atoms with van der Waals surface area (Å²) < 4.78 is 7.77. The molecule has 0 saturated carbocycles. The van der Waals surface area contributed by atoms with Crippen LogP contribution in [0.5, 0.6) is 0 Å². The monoisotopic (exact) mass is 363 g/mol. The number of aromatic nitrogens is 4. The molecule has 144 valence electrons. The Bertz CT molecular complexity index is 925. The summed E-state index contributed by atoms with van der Waals surface area (Å²) in [6.45, 7) is 13.1. The maximum atomic E-state index is 12.5. The van der Waals surface area contributed by atoms with Gasteiger partial charge in [0.2, 0.25) is 5.95 Å². The Hall–Kier alpha value is -2.09. The van der Waals surface area contributed by atoms with Gasteiger partial charge in [0, 0.05) is 0 Å². The molecule has 3 atom stereocenters. The fourth-order valence-electron chi connectivity index (χ4n) is 3.89. The van der Waals surface area contributed by atoms with Crippen molar-refractivity contribution in [1.29, 1.82) is 0 Å². The molecule has 4 N–H and O–H groups in total. The highest BCUT2D eigenvalue weighted by Gasteiger charge is 2.44. The second kappa shape index (κ2) is 5.97. The van der Waals surface area contributed by atoms with Crippen LogP contribution in [0.2, 0.25) is 0 Å². The van der Waals surface area contributed by atoms with Crippen molar-refractivity contribution in [3.8, 4) is 0 Å². The lowest BCUT2D eigenvalue weighted by atomic mass is 9.73. The van der Waals surface area contributed by atoms with E-state index >= 15 is 0 Å². The molecule has 26 heavy (non-hydrogen) atoms.